The number of aromatic nitrogens is 1. The highest BCUT2D eigenvalue weighted by Crippen LogP contribution is 2.27. The number of nitro groups is 1. The number of allylic oxidation sites excluding steroid dienone is 1. The minimum Gasteiger partial charge on any atom is -0.312 e. The number of nitrogens with zero attached hydrogens (tertiary/aromatic N) is 3. The van der Waals surface area contributed by atoms with Crippen molar-refractivity contribution in [3.05, 3.63) is 93.8 Å². The van der Waals surface area contributed by atoms with E-state index < -0.39 is 10.8 Å². The van der Waals surface area contributed by atoms with Gasteiger partial charge in [-0.2, -0.15) is 4.99 Å². The summed E-state index contributed by atoms with van der Waals surface area (Å²) in [6.07, 6.45) is 1.76. The lowest BCUT2D eigenvalue weighted by Crippen LogP contribution is -2.16. The third-order valence-corrected chi connectivity index (χ3v) is 5.54. The lowest BCUT2D eigenvalue weighted by Gasteiger charge is -2.02. The van der Waals surface area contributed by atoms with Gasteiger partial charge in [0.05, 0.1) is 15.1 Å². The van der Waals surface area contributed by atoms with Gasteiger partial charge in [-0.1, -0.05) is 47.7 Å². The van der Waals surface area contributed by atoms with E-state index in [1.54, 1.807) is 6.08 Å². The number of carbonyl (C=O) groups excluding carboxylic acids is 1. The Morgan fingerprint density at radius 2 is 1.89 bits per heavy atom. The van der Waals surface area contributed by atoms with Crippen molar-refractivity contribution in [3.8, 4) is 0 Å². The van der Waals surface area contributed by atoms with Crippen LogP contribution in [0.3, 0.4) is 0 Å². The maximum absolute atomic E-state index is 12.6. The van der Waals surface area contributed by atoms with Crippen molar-refractivity contribution in [2.24, 2.45) is 4.99 Å². The van der Waals surface area contributed by atoms with Gasteiger partial charge >= 0.3 is 0 Å². The zero-order valence-corrected chi connectivity index (χ0v) is 15.6. The van der Waals surface area contributed by atoms with Gasteiger partial charge in [0, 0.05) is 29.6 Å². The number of thiazole rings is 1. The third-order valence-electron chi connectivity index (χ3n) is 4.41. The van der Waals surface area contributed by atoms with Crippen LogP contribution in [-0.4, -0.2) is 15.4 Å². The standard InChI is InChI=1S/C21H15N3O3S/c1-2-13-23-18-12-9-14-5-3-4-6-17(14)19(18)28-21(23)22-20(25)15-7-10-16(11-8-15)24(26)27/h2-12H,1,13H2. The van der Waals surface area contributed by atoms with Crippen LogP contribution in [0, 0.1) is 10.1 Å². The second-order valence-electron chi connectivity index (χ2n) is 6.14. The van der Waals surface area contributed by atoms with Crippen molar-refractivity contribution in [1.82, 2.24) is 4.57 Å². The lowest BCUT2D eigenvalue weighted by molar-refractivity contribution is -0.384. The Balaban J connectivity index is 1.87. The van der Waals surface area contributed by atoms with E-state index in [0.717, 1.165) is 21.0 Å². The van der Waals surface area contributed by atoms with Crippen LogP contribution >= 0.6 is 11.3 Å². The number of fused-ring (bicyclic) bond motifs is 3. The van der Waals surface area contributed by atoms with Crippen LogP contribution in [0.15, 0.2) is 78.3 Å². The molecular weight excluding hydrogens is 374 g/mol. The number of rotatable bonds is 4. The molecule has 0 N–H and O–H groups in total. The molecule has 0 aliphatic heterocycles. The van der Waals surface area contributed by atoms with E-state index in [1.807, 2.05) is 41.0 Å². The van der Waals surface area contributed by atoms with E-state index in [-0.39, 0.29) is 5.69 Å². The summed E-state index contributed by atoms with van der Waals surface area (Å²) in [6, 6.07) is 17.6. The molecule has 6 nitrogen and oxygen atoms in total. The molecule has 4 aromatic rings. The Morgan fingerprint density at radius 3 is 2.61 bits per heavy atom. The predicted octanol–water partition coefficient (Wildman–Crippen LogP) is 4.69. The zero-order valence-electron chi connectivity index (χ0n) is 14.7. The van der Waals surface area contributed by atoms with Crippen LogP contribution < -0.4 is 4.80 Å². The maximum Gasteiger partial charge on any atom is 0.279 e. The first-order valence-corrected chi connectivity index (χ1v) is 9.35. The first kappa shape index (κ1) is 17.8. The van der Waals surface area contributed by atoms with Gasteiger partial charge in [-0.15, -0.1) is 6.58 Å². The summed E-state index contributed by atoms with van der Waals surface area (Å²) < 4.78 is 3.00. The average Bonchev–Trinajstić information content (AvgIpc) is 3.06. The van der Waals surface area contributed by atoms with Crippen molar-refractivity contribution < 1.29 is 9.72 Å². The summed E-state index contributed by atoms with van der Waals surface area (Å²) in [6.45, 7) is 4.32. The fraction of sp³-hybridized carbons (Fsp3) is 0.0476. The third kappa shape index (κ3) is 3.12. The van der Waals surface area contributed by atoms with Crippen LogP contribution in [0.1, 0.15) is 10.4 Å². The van der Waals surface area contributed by atoms with E-state index in [9.17, 15) is 14.9 Å². The molecule has 0 spiro atoms. The molecular formula is C21H15N3O3S. The van der Waals surface area contributed by atoms with Crippen LogP contribution in [-0.2, 0) is 6.54 Å². The zero-order chi connectivity index (χ0) is 19.7. The topological polar surface area (TPSA) is 77.5 Å². The molecule has 0 aliphatic rings. The molecule has 1 amide bonds. The van der Waals surface area contributed by atoms with Gasteiger partial charge in [-0.3, -0.25) is 14.9 Å². The summed E-state index contributed by atoms with van der Waals surface area (Å²) in [5.74, 6) is -0.441. The van der Waals surface area contributed by atoms with Gasteiger partial charge in [0.15, 0.2) is 4.80 Å². The first-order valence-electron chi connectivity index (χ1n) is 8.54. The second kappa shape index (κ2) is 7.21. The molecule has 0 atom stereocenters. The number of hydrogen-bond donors (Lipinski definition) is 0. The van der Waals surface area contributed by atoms with E-state index in [4.69, 9.17) is 0 Å². The maximum atomic E-state index is 12.6. The molecule has 0 unspecified atom stereocenters. The summed E-state index contributed by atoms with van der Waals surface area (Å²) in [7, 11) is 0. The number of carbonyl (C=O) groups is 1. The molecule has 0 aliphatic carbocycles. The molecule has 1 heterocycles. The lowest BCUT2D eigenvalue weighted by atomic mass is 10.1. The van der Waals surface area contributed by atoms with Crippen molar-refractivity contribution in [1.29, 1.82) is 0 Å². The number of hydrogen-bond acceptors (Lipinski definition) is 4. The van der Waals surface area contributed by atoms with Gasteiger partial charge in [-0.05, 0) is 23.6 Å². The quantitative estimate of drug-likeness (QED) is 0.289. The number of non-ortho nitro benzene ring substituents is 1. The Kier molecular flexibility index (Phi) is 4.58. The van der Waals surface area contributed by atoms with E-state index in [1.165, 1.54) is 35.6 Å². The van der Waals surface area contributed by atoms with E-state index >= 15 is 0 Å². The van der Waals surface area contributed by atoms with Crippen LogP contribution in [0.25, 0.3) is 21.0 Å². The average molecular weight is 389 g/mol. The normalized spacial score (nSPS) is 11.8. The molecule has 0 saturated heterocycles. The van der Waals surface area contributed by atoms with Gasteiger partial charge in [0.25, 0.3) is 11.6 Å². The molecule has 4 rings (SSSR count). The SMILES string of the molecule is C=CCn1c(=NC(=O)c2ccc([N+](=O)[O-])cc2)sc2c3ccccc3ccc21. The first-order chi connectivity index (χ1) is 13.6. The molecule has 3 aromatic carbocycles. The Morgan fingerprint density at radius 1 is 1.14 bits per heavy atom. The summed E-state index contributed by atoms with van der Waals surface area (Å²) in [5.41, 5.74) is 1.23. The van der Waals surface area contributed by atoms with Crippen LogP contribution in [0.4, 0.5) is 5.69 Å². The fourth-order valence-electron chi connectivity index (χ4n) is 3.07. The molecule has 0 fully saturated rings. The molecule has 0 bridgehead atoms. The van der Waals surface area contributed by atoms with Gasteiger partial charge < -0.3 is 4.57 Å². The Hall–Kier alpha value is -3.58. The van der Waals surface area contributed by atoms with Crippen LogP contribution in [0.2, 0.25) is 0 Å². The number of amides is 1. The van der Waals surface area contributed by atoms with E-state index in [2.05, 4.69) is 11.6 Å². The monoisotopic (exact) mass is 389 g/mol. The highest BCUT2D eigenvalue weighted by molar-refractivity contribution is 7.17. The van der Waals surface area contributed by atoms with E-state index in [0.29, 0.717) is 16.9 Å². The largest absolute Gasteiger partial charge is 0.312 e. The smallest absolute Gasteiger partial charge is 0.279 e. The predicted molar refractivity (Wildman–Crippen MR) is 111 cm³/mol. The molecule has 0 saturated carbocycles. The summed E-state index contributed by atoms with van der Waals surface area (Å²) in [4.78, 5) is 27.8. The minimum absolute atomic E-state index is 0.0633. The van der Waals surface area contributed by atoms with Gasteiger partial charge in [0.1, 0.15) is 0 Å². The molecule has 1 aromatic heterocycles. The van der Waals surface area contributed by atoms with Crippen molar-refractivity contribution in [2.45, 2.75) is 6.54 Å². The van der Waals surface area contributed by atoms with Gasteiger partial charge in [-0.25, -0.2) is 0 Å². The molecule has 7 heteroatoms. The summed E-state index contributed by atoms with van der Waals surface area (Å²) >= 11 is 1.44. The summed E-state index contributed by atoms with van der Waals surface area (Å²) in [5, 5.41) is 13.0. The Labute approximate surface area is 163 Å². The fourth-order valence-corrected chi connectivity index (χ4v) is 4.24. The number of nitro benzene ring substituents is 1. The van der Waals surface area contributed by atoms with Crippen molar-refractivity contribution in [3.63, 3.8) is 0 Å². The van der Waals surface area contributed by atoms with Crippen molar-refractivity contribution in [2.75, 3.05) is 0 Å². The highest BCUT2D eigenvalue weighted by Gasteiger charge is 2.12. The second-order valence-corrected chi connectivity index (χ2v) is 7.12. The minimum atomic E-state index is -0.499. The van der Waals surface area contributed by atoms with Gasteiger partial charge in [0.2, 0.25) is 0 Å². The molecule has 0 radical (unpaired) electrons. The van der Waals surface area contributed by atoms with Crippen molar-refractivity contribution >= 4 is 43.9 Å². The Bertz CT molecular complexity index is 1300. The molecule has 138 valence electrons. The highest BCUT2D eigenvalue weighted by atomic mass is 32.1. The number of benzene rings is 3. The molecule has 28 heavy (non-hydrogen) atoms. The van der Waals surface area contributed by atoms with Crippen LogP contribution in [0.5, 0.6) is 0 Å².